The largest absolute Gasteiger partial charge is 0.487 e. The number of benzene rings is 1. The molecule has 104 valence electrons. The minimum absolute atomic E-state index is 0.0322. The maximum absolute atomic E-state index is 10.9. The molecule has 0 fully saturated rings. The van der Waals surface area contributed by atoms with Gasteiger partial charge in [0.2, 0.25) is 0 Å². The molecule has 0 aliphatic heterocycles. The molecule has 0 atom stereocenters. The van der Waals surface area contributed by atoms with Crippen LogP contribution >= 0.6 is 0 Å². The van der Waals surface area contributed by atoms with Gasteiger partial charge in [0.05, 0.1) is 23.8 Å². The highest BCUT2D eigenvalue weighted by atomic mass is 16.6. The Kier molecular flexibility index (Phi) is 4.49. The van der Waals surface area contributed by atoms with Gasteiger partial charge in [0, 0.05) is 24.0 Å². The van der Waals surface area contributed by atoms with E-state index in [1.54, 1.807) is 25.3 Å². The van der Waals surface area contributed by atoms with E-state index in [4.69, 9.17) is 4.74 Å². The molecular formula is C14H15N3O3. The van der Waals surface area contributed by atoms with Gasteiger partial charge in [0.25, 0.3) is 0 Å². The highest BCUT2D eigenvalue weighted by molar-refractivity contribution is 5.58. The van der Waals surface area contributed by atoms with Crippen LogP contribution in [0.25, 0.3) is 0 Å². The number of rotatable bonds is 6. The number of pyridine rings is 1. The third-order valence-electron chi connectivity index (χ3n) is 2.66. The van der Waals surface area contributed by atoms with Crippen LogP contribution in [0.3, 0.4) is 0 Å². The molecule has 0 aliphatic rings. The van der Waals surface area contributed by atoms with Crippen LogP contribution in [0.15, 0.2) is 42.6 Å². The summed E-state index contributed by atoms with van der Waals surface area (Å²) in [6.07, 6.45) is 1.72. The summed E-state index contributed by atoms with van der Waals surface area (Å²) >= 11 is 0. The lowest BCUT2D eigenvalue weighted by atomic mass is 10.2. The van der Waals surface area contributed by atoms with Crippen molar-refractivity contribution in [1.82, 2.24) is 4.98 Å². The molecule has 0 saturated carbocycles. The number of anilines is 1. The highest BCUT2D eigenvalue weighted by Crippen LogP contribution is 2.30. The molecule has 1 N–H and O–H groups in total. The number of hydrogen-bond acceptors (Lipinski definition) is 5. The van der Waals surface area contributed by atoms with Crippen LogP contribution in [-0.2, 0) is 6.54 Å². The summed E-state index contributed by atoms with van der Waals surface area (Å²) in [4.78, 5) is 14.6. The van der Waals surface area contributed by atoms with Crippen molar-refractivity contribution >= 4 is 11.4 Å². The van der Waals surface area contributed by atoms with E-state index in [0.717, 1.165) is 11.4 Å². The van der Waals surface area contributed by atoms with Gasteiger partial charge in [-0.2, -0.15) is 0 Å². The molecule has 1 heterocycles. The van der Waals surface area contributed by atoms with Gasteiger partial charge in [-0.25, -0.2) is 0 Å². The summed E-state index contributed by atoms with van der Waals surface area (Å²) in [7, 11) is 0. The van der Waals surface area contributed by atoms with Crippen molar-refractivity contribution < 1.29 is 9.66 Å². The van der Waals surface area contributed by atoms with E-state index in [9.17, 15) is 10.1 Å². The van der Waals surface area contributed by atoms with Crippen molar-refractivity contribution in [3.05, 3.63) is 58.4 Å². The molecule has 2 aromatic rings. The van der Waals surface area contributed by atoms with E-state index in [2.05, 4.69) is 10.3 Å². The first kappa shape index (κ1) is 13.8. The van der Waals surface area contributed by atoms with Gasteiger partial charge >= 0.3 is 5.69 Å². The zero-order valence-corrected chi connectivity index (χ0v) is 11.1. The van der Waals surface area contributed by atoms with Gasteiger partial charge in [-0.1, -0.05) is 6.07 Å². The molecule has 0 aliphatic carbocycles. The fraction of sp³-hybridized carbons (Fsp3) is 0.214. The van der Waals surface area contributed by atoms with Crippen molar-refractivity contribution in [2.24, 2.45) is 0 Å². The predicted octanol–water partition coefficient (Wildman–Crippen LogP) is 3.00. The van der Waals surface area contributed by atoms with Crippen LogP contribution in [0, 0.1) is 10.1 Å². The minimum atomic E-state index is -0.451. The van der Waals surface area contributed by atoms with Crippen LogP contribution in [0.2, 0.25) is 0 Å². The Hall–Kier alpha value is -2.63. The van der Waals surface area contributed by atoms with Gasteiger partial charge in [-0.3, -0.25) is 15.1 Å². The number of nitrogens with one attached hydrogen (secondary N) is 1. The molecule has 0 spiro atoms. The van der Waals surface area contributed by atoms with E-state index in [-0.39, 0.29) is 11.4 Å². The van der Waals surface area contributed by atoms with E-state index in [1.165, 1.54) is 6.07 Å². The third-order valence-corrected chi connectivity index (χ3v) is 2.66. The van der Waals surface area contributed by atoms with Gasteiger partial charge in [-0.15, -0.1) is 0 Å². The molecule has 1 aromatic heterocycles. The van der Waals surface area contributed by atoms with Crippen molar-refractivity contribution in [2.75, 3.05) is 11.9 Å². The lowest BCUT2D eigenvalue weighted by Gasteiger charge is -2.09. The number of ether oxygens (including phenoxy) is 1. The quantitative estimate of drug-likeness (QED) is 0.646. The summed E-state index contributed by atoms with van der Waals surface area (Å²) in [6.45, 7) is 2.71. The number of aromatic nitrogens is 1. The number of nitro benzene ring substituents is 1. The first-order chi connectivity index (χ1) is 9.70. The molecule has 0 amide bonds. The molecule has 6 nitrogen and oxygen atoms in total. The standard InChI is InChI=1S/C14H15N3O3/c1-2-20-14-9-11(6-7-13(14)17(18)19)16-10-12-5-3-4-8-15-12/h3-9,16H,2,10H2,1H3. The maximum atomic E-state index is 10.9. The molecule has 6 heteroatoms. The van der Waals surface area contributed by atoms with Gasteiger partial charge < -0.3 is 10.1 Å². The van der Waals surface area contributed by atoms with Crippen molar-refractivity contribution in [2.45, 2.75) is 13.5 Å². The van der Waals surface area contributed by atoms with E-state index in [0.29, 0.717) is 13.2 Å². The van der Waals surface area contributed by atoms with Crippen LogP contribution in [0.5, 0.6) is 5.75 Å². The van der Waals surface area contributed by atoms with E-state index >= 15 is 0 Å². The van der Waals surface area contributed by atoms with E-state index in [1.807, 2.05) is 18.2 Å². The summed E-state index contributed by atoms with van der Waals surface area (Å²) in [6, 6.07) is 10.4. The molecule has 2 rings (SSSR count). The van der Waals surface area contributed by atoms with E-state index < -0.39 is 4.92 Å². The monoisotopic (exact) mass is 273 g/mol. The number of hydrogen-bond donors (Lipinski definition) is 1. The lowest BCUT2D eigenvalue weighted by molar-refractivity contribution is -0.385. The summed E-state index contributed by atoms with van der Waals surface area (Å²) in [5.74, 6) is 0.267. The van der Waals surface area contributed by atoms with Gasteiger partial charge in [0.1, 0.15) is 0 Å². The highest BCUT2D eigenvalue weighted by Gasteiger charge is 2.15. The van der Waals surface area contributed by atoms with Gasteiger partial charge in [0.15, 0.2) is 5.75 Å². The third kappa shape index (κ3) is 3.44. The summed E-state index contributed by atoms with van der Waals surface area (Å²) in [5.41, 5.74) is 1.61. The molecule has 1 aromatic carbocycles. The van der Waals surface area contributed by atoms with Crippen molar-refractivity contribution in [3.63, 3.8) is 0 Å². The number of nitrogens with zero attached hydrogens (tertiary/aromatic N) is 2. The van der Waals surface area contributed by atoms with Crippen molar-refractivity contribution in [3.8, 4) is 5.75 Å². The molecule has 0 saturated heterocycles. The molecule has 0 radical (unpaired) electrons. The molecular weight excluding hydrogens is 258 g/mol. The Bertz CT molecular complexity index is 587. The molecule has 0 bridgehead atoms. The summed E-state index contributed by atoms with van der Waals surface area (Å²) < 4.78 is 5.29. The molecule has 0 unspecified atom stereocenters. The first-order valence-electron chi connectivity index (χ1n) is 6.25. The average Bonchev–Trinajstić information content (AvgIpc) is 2.46. The Labute approximate surface area is 116 Å². The Morgan fingerprint density at radius 3 is 2.85 bits per heavy atom. The normalized spacial score (nSPS) is 10.1. The van der Waals surface area contributed by atoms with Crippen LogP contribution in [0.1, 0.15) is 12.6 Å². The fourth-order valence-electron chi connectivity index (χ4n) is 1.74. The summed E-state index contributed by atoms with van der Waals surface area (Å²) in [5, 5.41) is 14.0. The Balaban J connectivity index is 2.12. The topological polar surface area (TPSA) is 77.3 Å². The average molecular weight is 273 g/mol. The maximum Gasteiger partial charge on any atom is 0.311 e. The smallest absolute Gasteiger partial charge is 0.311 e. The zero-order chi connectivity index (χ0) is 14.4. The second-order valence-corrected chi connectivity index (χ2v) is 4.05. The minimum Gasteiger partial charge on any atom is -0.487 e. The van der Waals surface area contributed by atoms with Crippen molar-refractivity contribution in [1.29, 1.82) is 0 Å². The Morgan fingerprint density at radius 2 is 2.20 bits per heavy atom. The van der Waals surface area contributed by atoms with Crippen LogP contribution in [0.4, 0.5) is 11.4 Å². The second kappa shape index (κ2) is 6.51. The number of nitro groups is 1. The first-order valence-corrected chi connectivity index (χ1v) is 6.25. The lowest BCUT2D eigenvalue weighted by Crippen LogP contribution is -2.03. The van der Waals surface area contributed by atoms with Crippen LogP contribution in [-0.4, -0.2) is 16.5 Å². The van der Waals surface area contributed by atoms with Crippen LogP contribution < -0.4 is 10.1 Å². The van der Waals surface area contributed by atoms with Gasteiger partial charge in [-0.05, 0) is 25.1 Å². The zero-order valence-electron chi connectivity index (χ0n) is 11.1. The second-order valence-electron chi connectivity index (χ2n) is 4.05. The fourth-order valence-corrected chi connectivity index (χ4v) is 1.74. The predicted molar refractivity (Wildman–Crippen MR) is 75.8 cm³/mol. The SMILES string of the molecule is CCOc1cc(NCc2ccccn2)ccc1[N+](=O)[O-]. The Morgan fingerprint density at radius 1 is 1.35 bits per heavy atom. The molecule has 20 heavy (non-hydrogen) atoms.